The van der Waals surface area contributed by atoms with Gasteiger partial charge in [0.2, 0.25) is 0 Å². The molecule has 96 valence electrons. The molecule has 0 aliphatic rings. The van der Waals surface area contributed by atoms with Crippen LogP contribution in [0.25, 0.3) is 0 Å². The van der Waals surface area contributed by atoms with Crippen LogP contribution in [0.5, 0.6) is 11.5 Å². The summed E-state index contributed by atoms with van der Waals surface area (Å²) in [7, 11) is 1.65. The summed E-state index contributed by atoms with van der Waals surface area (Å²) in [6, 6.07) is 4.30. The molecule has 1 rings (SSSR count). The topological polar surface area (TPSA) is 82.0 Å². The van der Waals surface area contributed by atoms with Gasteiger partial charge in [0.1, 0.15) is 0 Å². The first-order chi connectivity index (χ1) is 8.15. The highest BCUT2D eigenvalue weighted by Gasteiger charge is 2.09. The Labute approximate surface area is 101 Å². The largest absolute Gasteiger partial charge is 0.504 e. The Morgan fingerprint density at radius 1 is 1.29 bits per heavy atom. The smallest absolute Gasteiger partial charge is 0.157 e. The standard InChI is InChI=1S/C12H19NO4/c1-17-6-2-5-13-8-12(16)9-3-4-10(14)11(15)7-9/h3-4,7,12-16H,2,5-6,8H2,1H3/t12-/m0/s1. The van der Waals surface area contributed by atoms with Crippen LogP contribution in [0.1, 0.15) is 18.1 Å². The van der Waals surface area contributed by atoms with E-state index in [4.69, 9.17) is 9.84 Å². The fourth-order valence-corrected chi connectivity index (χ4v) is 1.45. The summed E-state index contributed by atoms with van der Waals surface area (Å²) in [5.74, 6) is -0.407. The van der Waals surface area contributed by atoms with Crippen molar-refractivity contribution in [3.8, 4) is 11.5 Å². The molecule has 1 aromatic carbocycles. The summed E-state index contributed by atoms with van der Waals surface area (Å²) in [5.41, 5.74) is 0.569. The predicted molar refractivity (Wildman–Crippen MR) is 64.1 cm³/mol. The Morgan fingerprint density at radius 2 is 2.06 bits per heavy atom. The summed E-state index contributed by atoms with van der Waals surface area (Å²) in [4.78, 5) is 0. The van der Waals surface area contributed by atoms with Gasteiger partial charge in [0, 0.05) is 20.3 Å². The van der Waals surface area contributed by atoms with Crippen LogP contribution in [0.3, 0.4) is 0 Å². The molecule has 17 heavy (non-hydrogen) atoms. The van der Waals surface area contributed by atoms with Crippen molar-refractivity contribution in [1.29, 1.82) is 0 Å². The number of aliphatic hydroxyl groups is 1. The van der Waals surface area contributed by atoms with Crippen LogP contribution in [0, 0.1) is 0 Å². The van der Waals surface area contributed by atoms with Crippen LogP contribution in [0.4, 0.5) is 0 Å². The second kappa shape index (κ2) is 7.11. The third kappa shape index (κ3) is 4.60. The molecule has 0 fully saturated rings. The number of ether oxygens (including phenoxy) is 1. The lowest BCUT2D eigenvalue weighted by Crippen LogP contribution is -2.23. The highest BCUT2D eigenvalue weighted by molar-refractivity contribution is 5.41. The molecule has 1 atom stereocenters. The SMILES string of the molecule is COCCCNC[C@H](O)c1ccc(O)c(O)c1. The lowest BCUT2D eigenvalue weighted by atomic mass is 10.1. The van der Waals surface area contributed by atoms with Gasteiger partial charge in [-0.25, -0.2) is 0 Å². The molecule has 0 saturated heterocycles. The molecule has 5 nitrogen and oxygen atoms in total. The Bertz CT molecular complexity index is 343. The van der Waals surface area contributed by atoms with E-state index in [1.54, 1.807) is 13.2 Å². The maximum absolute atomic E-state index is 9.81. The van der Waals surface area contributed by atoms with E-state index in [1.807, 2.05) is 0 Å². The average molecular weight is 241 g/mol. The molecular weight excluding hydrogens is 222 g/mol. The van der Waals surface area contributed by atoms with Gasteiger partial charge in [0.15, 0.2) is 11.5 Å². The van der Waals surface area contributed by atoms with Gasteiger partial charge < -0.3 is 25.4 Å². The molecule has 4 N–H and O–H groups in total. The molecule has 0 unspecified atom stereocenters. The molecule has 0 spiro atoms. The van der Waals surface area contributed by atoms with Crippen molar-refractivity contribution in [2.45, 2.75) is 12.5 Å². The van der Waals surface area contributed by atoms with Crippen molar-refractivity contribution in [3.05, 3.63) is 23.8 Å². The van der Waals surface area contributed by atoms with Crippen LogP contribution in [-0.2, 0) is 4.74 Å². The fraction of sp³-hybridized carbons (Fsp3) is 0.500. The second-order valence-electron chi connectivity index (χ2n) is 3.81. The number of methoxy groups -OCH3 is 1. The highest BCUT2D eigenvalue weighted by Crippen LogP contribution is 2.27. The van der Waals surface area contributed by atoms with E-state index in [2.05, 4.69) is 5.32 Å². The van der Waals surface area contributed by atoms with E-state index < -0.39 is 6.10 Å². The molecule has 0 aliphatic heterocycles. The van der Waals surface area contributed by atoms with Gasteiger partial charge in [-0.2, -0.15) is 0 Å². The molecule has 0 aromatic heterocycles. The summed E-state index contributed by atoms with van der Waals surface area (Å²) < 4.78 is 4.90. The Morgan fingerprint density at radius 3 is 2.71 bits per heavy atom. The van der Waals surface area contributed by atoms with Crippen molar-refractivity contribution in [2.24, 2.45) is 0 Å². The number of hydrogen-bond donors (Lipinski definition) is 4. The predicted octanol–water partition coefficient (Wildman–Crippen LogP) is 0.757. The first kappa shape index (κ1) is 13.8. The van der Waals surface area contributed by atoms with Crippen LogP contribution < -0.4 is 5.32 Å². The molecule has 0 amide bonds. The third-order valence-corrected chi connectivity index (χ3v) is 2.42. The molecule has 0 aliphatic carbocycles. The summed E-state index contributed by atoms with van der Waals surface area (Å²) in [6.07, 6.45) is 0.174. The van der Waals surface area contributed by atoms with Crippen molar-refractivity contribution >= 4 is 0 Å². The van der Waals surface area contributed by atoms with Crippen molar-refractivity contribution in [3.63, 3.8) is 0 Å². The number of phenols is 2. The van der Waals surface area contributed by atoms with Gasteiger partial charge >= 0.3 is 0 Å². The fourth-order valence-electron chi connectivity index (χ4n) is 1.45. The molecule has 0 saturated carbocycles. The molecule has 1 aromatic rings. The number of benzene rings is 1. The number of aliphatic hydroxyl groups excluding tert-OH is 1. The lowest BCUT2D eigenvalue weighted by molar-refractivity contribution is 0.168. The van der Waals surface area contributed by atoms with Gasteiger partial charge in [-0.05, 0) is 30.7 Å². The molecule has 0 radical (unpaired) electrons. The summed E-state index contributed by atoms with van der Waals surface area (Å²) >= 11 is 0. The summed E-state index contributed by atoms with van der Waals surface area (Å²) in [5, 5.41) is 31.3. The van der Waals surface area contributed by atoms with E-state index in [9.17, 15) is 10.2 Å². The second-order valence-corrected chi connectivity index (χ2v) is 3.81. The molecule has 0 heterocycles. The van der Waals surface area contributed by atoms with E-state index in [1.165, 1.54) is 12.1 Å². The summed E-state index contributed by atoms with van der Waals surface area (Å²) in [6.45, 7) is 1.84. The molecule has 5 heteroatoms. The van der Waals surface area contributed by atoms with E-state index in [0.29, 0.717) is 18.7 Å². The lowest BCUT2D eigenvalue weighted by Gasteiger charge is -2.12. The van der Waals surface area contributed by atoms with E-state index in [-0.39, 0.29) is 11.5 Å². The first-order valence-electron chi connectivity index (χ1n) is 5.54. The van der Waals surface area contributed by atoms with E-state index in [0.717, 1.165) is 13.0 Å². The van der Waals surface area contributed by atoms with E-state index >= 15 is 0 Å². The minimum absolute atomic E-state index is 0.186. The zero-order valence-corrected chi connectivity index (χ0v) is 9.89. The minimum atomic E-state index is -0.705. The van der Waals surface area contributed by atoms with Crippen LogP contribution in [0.2, 0.25) is 0 Å². The maximum Gasteiger partial charge on any atom is 0.157 e. The average Bonchev–Trinajstić information content (AvgIpc) is 2.32. The van der Waals surface area contributed by atoms with Crippen LogP contribution in [0.15, 0.2) is 18.2 Å². The quantitative estimate of drug-likeness (QED) is 0.418. The number of rotatable bonds is 7. The van der Waals surface area contributed by atoms with Crippen LogP contribution >= 0.6 is 0 Å². The minimum Gasteiger partial charge on any atom is -0.504 e. The monoisotopic (exact) mass is 241 g/mol. The Hall–Kier alpha value is -1.30. The normalized spacial score (nSPS) is 12.6. The zero-order valence-electron chi connectivity index (χ0n) is 9.89. The van der Waals surface area contributed by atoms with Crippen LogP contribution in [-0.4, -0.2) is 42.1 Å². The number of phenolic OH excluding ortho intramolecular Hbond substituents is 2. The Kier molecular flexibility index (Phi) is 5.76. The van der Waals surface area contributed by atoms with Gasteiger partial charge in [-0.1, -0.05) is 6.07 Å². The third-order valence-electron chi connectivity index (χ3n) is 2.42. The van der Waals surface area contributed by atoms with Crippen molar-refractivity contribution in [2.75, 3.05) is 26.8 Å². The first-order valence-corrected chi connectivity index (χ1v) is 5.54. The number of nitrogens with one attached hydrogen (secondary N) is 1. The van der Waals surface area contributed by atoms with Crippen molar-refractivity contribution in [1.82, 2.24) is 5.32 Å². The van der Waals surface area contributed by atoms with Gasteiger partial charge in [0.05, 0.1) is 6.10 Å². The number of aromatic hydroxyl groups is 2. The van der Waals surface area contributed by atoms with Crippen molar-refractivity contribution < 1.29 is 20.1 Å². The highest BCUT2D eigenvalue weighted by atomic mass is 16.5. The van der Waals surface area contributed by atoms with Gasteiger partial charge in [-0.15, -0.1) is 0 Å². The zero-order chi connectivity index (χ0) is 12.7. The number of hydrogen-bond acceptors (Lipinski definition) is 5. The van der Waals surface area contributed by atoms with Gasteiger partial charge in [0.25, 0.3) is 0 Å². The Balaban J connectivity index is 2.36. The van der Waals surface area contributed by atoms with Gasteiger partial charge in [-0.3, -0.25) is 0 Å². The molecule has 0 bridgehead atoms. The molecular formula is C12H19NO4. The maximum atomic E-state index is 9.81.